The number of aryl methyl sites for hydroxylation is 1. The SMILES string of the molecule is CCC(C(=O)NC(C)(C)C)N(Cc1cccc(C)c1)C(=O)CN(c1ccc(OC)c(Cl)c1)S(C)(=O)=O. The number of halogens is 1. The number of nitrogens with one attached hydrogen (secondary N) is 1. The third-order valence-corrected chi connectivity index (χ3v) is 6.86. The molecule has 0 saturated heterocycles. The summed E-state index contributed by atoms with van der Waals surface area (Å²) in [6.45, 7) is 9.01. The predicted octanol–water partition coefficient (Wildman–Crippen LogP) is 4.15. The van der Waals surface area contributed by atoms with Crippen LogP contribution in [0.2, 0.25) is 5.02 Å². The number of ether oxygens (including phenoxy) is 1. The molecule has 2 aromatic rings. The maximum absolute atomic E-state index is 13.7. The average Bonchev–Trinajstić information content (AvgIpc) is 2.75. The molecule has 10 heteroatoms. The lowest BCUT2D eigenvalue weighted by Gasteiger charge is -2.34. The van der Waals surface area contributed by atoms with Crippen molar-refractivity contribution in [2.24, 2.45) is 0 Å². The fourth-order valence-corrected chi connectivity index (χ4v) is 4.90. The Morgan fingerprint density at radius 3 is 2.31 bits per heavy atom. The highest BCUT2D eigenvalue weighted by Crippen LogP contribution is 2.30. The molecule has 0 heterocycles. The molecule has 2 aromatic carbocycles. The highest BCUT2D eigenvalue weighted by molar-refractivity contribution is 7.92. The number of methoxy groups -OCH3 is 1. The van der Waals surface area contributed by atoms with E-state index in [4.69, 9.17) is 16.3 Å². The van der Waals surface area contributed by atoms with E-state index in [1.807, 2.05) is 58.9 Å². The van der Waals surface area contributed by atoms with Gasteiger partial charge >= 0.3 is 0 Å². The van der Waals surface area contributed by atoms with Gasteiger partial charge in [0, 0.05) is 12.1 Å². The Balaban J connectivity index is 2.49. The van der Waals surface area contributed by atoms with Crippen LogP contribution in [0.1, 0.15) is 45.2 Å². The standard InChI is InChI=1S/C26H36ClN3O5S/c1-8-22(25(32)28-26(3,4)5)29(16-19-11-9-10-18(2)14-19)24(31)17-30(36(7,33)34)20-12-13-23(35-6)21(27)15-20/h9-15,22H,8,16-17H2,1-7H3,(H,28,32). The molecule has 2 rings (SSSR count). The van der Waals surface area contributed by atoms with E-state index >= 15 is 0 Å². The van der Waals surface area contributed by atoms with E-state index in [-0.39, 0.29) is 23.2 Å². The van der Waals surface area contributed by atoms with Crippen LogP contribution in [0.15, 0.2) is 42.5 Å². The summed E-state index contributed by atoms with van der Waals surface area (Å²) in [5.74, 6) is -0.430. The summed E-state index contributed by atoms with van der Waals surface area (Å²) in [7, 11) is -2.40. The van der Waals surface area contributed by atoms with E-state index in [0.717, 1.165) is 21.7 Å². The molecular formula is C26H36ClN3O5S. The van der Waals surface area contributed by atoms with Gasteiger partial charge in [-0.15, -0.1) is 0 Å². The first-order valence-corrected chi connectivity index (χ1v) is 13.9. The largest absolute Gasteiger partial charge is 0.495 e. The highest BCUT2D eigenvalue weighted by atomic mass is 35.5. The van der Waals surface area contributed by atoms with Gasteiger partial charge in [0.1, 0.15) is 18.3 Å². The Kier molecular flexibility index (Phi) is 9.79. The maximum Gasteiger partial charge on any atom is 0.244 e. The van der Waals surface area contributed by atoms with Gasteiger partial charge in [0.25, 0.3) is 0 Å². The lowest BCUT2D eigenvalue weighted by molar-refractivity contribution is -0.141. The van der Waals surface area contributed by atoms with E-state index in [9.17, 15) is 18.0 Å². The van der Waals surface area contributed by atoms with Crippen LogP contribution < -0.4 is 14.4 Å². The topological polar surface area (TPSA) is 96.0 Å². The summed E-state index contributed by atoms with van der Waals surface area (Å²) in [6, 6.07) is 11.3. The van der Waals surface area contributed by atoms with E-state index in [2.05, 4.69) is 5.32 Å². The lowest BCUT2D eigenvalue weighted by atomic mass is 10.0. The number of carbonyl (C=O) groups excluding carboxylic acids is 2. The molecule has 0 aliphatic carbocycles. The van der Waals surface area contributed by atoms with Crippen LogP contribution in [0, 0.1) is 6.92 Å². The van der Waals surface area contributed by atoms with Crippen LogP contribution in [0.3, 0.4) is 0 Å². The molecule has 0 aromatic heterocycles. The van der Waals surface area contributed by atoms with Gasteiger partial charge < -0.3 is 15.0 Å². The summed E-state index contributed by atoms with van der Waals surface area (Å²) in [6.07, 6.45) is 1.37. The number of carbonyl (C=O) groups is 2. The highest BCUT2D eigenvalue weighted by Gasteiger charge is 2.33. The zero-order valence-corrected chi connectivity index (χ0v) is 23.5. The number of rotatable bonds is 10. The van der Waals surface area contributed by atoms with Gasteiger partial charge in [-0.1, -0.05) is 48.4 Å². The monoisotopic (exact) mass is 537 g/mol. The molecule has 0 saturated carbocycles. The van der Waals surface area contributed by atoms with Crippen molar-refractivity contribution in [3.05, 3.63) is 58.6 Å². The first-order chi connectivity index (χ1) is 16.7. The number of anilines is 1. The fraction of sp³-hybridized carbons (Fsp3) is 0.462. The van der Waals surface area contributed by atoms with Crippen LogP contribution >= 0.6 is 11.6 Å². The van der Waals surface area contributed by atoms with Crippen LogP contribution in [-0.4, -0.2) is 56.6 Å². The lowest BCUT2D eigenvalue weighted by Crippen LogP contribution is -2.55. The van der Waals surface area contributed by atoms with E-state index < -0.39 is 34.1 Å². The minimum atomic E-state index is -3.86. The maximum atomic E-state index is 13.7. The third kappa shape index (κ3) is 8.13. The molecule has 1 atom stereocenters. The number of sulfonamides is 1. The zero-order chi connectivity index (χ0) is 27.3. The van der Waals surface area contributed by atoms with Crippen molar-refractivity contribution in [1.82, 2.24) is 10.2 Å². The number of nitrogens with zero attached hydrogens (tertiary/aromatic N) is 2. The van der Waals surface area contributed by atoms with Crippen LogP contribution in [0.25, 0.3) is 0 Å². The van der Waals surface area contributed by atoms with Crippen molar-refractivity contribution in [3.8, 4) is 5.75 Å². The average molecular weight is 538 g/mol. The second kappa shape index (κ2) is 12.0. The van der Waals surface area contributed by atoms with Gasteiger partial charge in [-0.2, -0.15) is 0 Å². The second-order valence-corrected chi connectivity index (χ2v) is 12.1. The van der Waals surface area contributed by atoms with E-state index in [1.165, 1.54) is 30.2 Å². The first-order valence-electron chi connectivity index (χ1n) is 11.6. The molecule has 0 fully saturated rings. The van der Waals surface area contributed by atoms with Gasteiger partial charge in [0.2, 0.25) is 21.8 Å². The van der Waals surface area contributed by atoms with Crippen LogP contribution in [0.4, 0.5) is 5.69 Å². The Morgan fingerprint density at radius 2 is 1.81 bits per heavy atom. The van der Waals surface area contributed by atoms with Crippen LogP contribution in [-0.2, 0) is 26.2 Å². The summed E-state index contributed by atoms with van der Waals surface area (Å²) < 4.78 is 31.6. The van der Waals surface area contributed by atoms with Gasteiger partial charge in [-0.05, 0) is 57.9 Å². The first kappa shape index (κ1) is 29.5. The van der Waals surface area contributed by atoms with Gasteiger partial charge in [-0.3, -0.25) is 13.9 Å². The molecule has 0 radical (unpaired) electrons. The summed E-state index contributed by atoms with van der Waals surface area (Å²) in [4.78, 5) is 28.4. The molecule has 0 spiro atoms. The Labute approximate surface area is 219 Å². The molecule has 0 aliphatic heterocycles. The molecule has 0 bridgehead atoms. The van der Waals surface area contributed by atoms with Crippen molar-refractivity contribution in [3.63, 3.8) is 0 Å². The third-order valence-electron chi connectivity index (χ3n) is 5.42. The molecular weight excluding hydrogens is 502 g/mol. The number of hydrogen-bond acceptors (Lipinski definition) is 5. The molecule has 0 aliphatic rings. The van der Waals surface area contributed by atoms with Gasteiger partial charge in [-0.25, -0.2) is 8.42 Å². The quantitative estimate of drug-likeness (QED) is 0.491. The summed E-state index contributed by atoms with van der Waals surface area (Å²) in [5.41, 5.74) is 1.57. The molecule has 36 heavy (non-hydrogen) atoms. The minimum absolute atomic E-state index is 0.150. The van der Waals surface area contributed by atoms with Gasteiger partial charge in [0.05, 0.1) is 24.1 Å². The smallest absolute Gasteiger partial charge is 0.244 e. The van der Waals surface area contributed by atoms with Crippen molar-refractivity contribution >= 4 is 39.1 Å². The fourth-order valence-electron chi connectivity index (χ4n) is 3.80. The second-order valence-electron chi connectivity index (χ2n) is 9.76. The molecule has 2 amide bonds. The van der Waals surface area contributed by atoms with Gasteiger partial charge in [0.15, 0.2) is 0 Å². The Bertz CT molecular complexity index is 1190. The zero-order valence-electron chi connectivity index (χ0n) is 22.0. The summed E-state index contributed by atoms with van der Waals surface area (Å²) in [5, 5.41) is 3.15. The van der Waals surface area contributed by atoms with Crippen LogP contribution in [0.5, 0.6) is 5.75 Å². The molecule has 1 N–H and O–H groups in total. The Hall–Kier alpha value is -2.78. The number of amides is 2. The van der Waals surface area contributed by atoms with Crippen molar-refractivity contribution in [2.45, 2.75) is 59.2 Å². The number of hydrogen-bond donors (Lipinski definition) is 1. The Morgan fingerprint density at radius 1 is 1.14 bits per heavy atom. The number of benzene rings is 2. The van der Waals surface area contributed by atoms with E-state index in [0.29, 0.717) is 12.2 Å². The molecule has 1 unspecified atom stereocenters. The van der Waals surface area contributed by atoms with Crippen molar-refractivity contribution in [2.75, 3.05) is 24.2 Å². The molecule has 198 valence electrons. The molecule has 8 nitrogen and oxygen atoms in total. The van der Waals surface area contributed by atoms with E-state index in [1.54, 1.807) is 0 Å². The normalized spacial score (nSPS) is 12.6. The minimum Gasteiger partial charge on any atom is -0.495 e. The summed E-state index contributed by atoms with van der Waals surface area (Å²) >= 11 is 6.23. The van der Waals surface area contributed by atoms with Crippen molar-refractivity contribution in [1.29, 1.82) is 0 Å². The predicted molar refractivity (Wildman–Crippen MR) is 144 cm³/mol. The van der Waals surface area contributed by atoms with Crippen molar-refractivity contribution < 1.29 is 22.7 Å².